The molecule has 0 saturated heterocycles. The third-order valence-corrected chi connectivity index (χ3v) is 3.41. The van der Waals surface area contributed by atoms with Gasteiger partial charge in [-0.25, -0.2) is 10.4 Å². The number of hydrogen-bond acceptors (Lipinski definition) is 5. The van der Waals surface area contributed by atoms with E-state index in [0.29, 0.717) is 6.54 Å². The molecule has 1 rings (SSSR count). The lowest BCUT2D eigenvalue weighted by Gasteiger charge is -2.29. The van der Waals surface area contributed by atoms with E-state index < -0.39 is 6.10 Å². The van der Waals surface area contributed by atoms with Gasteiger partial charge in [-0.15, -0.1) is 0 Å². The molecule has 120 valence electrons. The van der Waals surface area contributed by atoms with Crippen LogP contribution in [0.4, 0.5) is 0 Å². The fraction of sp³-hybridized carbons (Fsp3) is 0.412. The van der Waals surface area contributed by atoms with Gasteiger partial charge in [0, 0.05) is 26.0 Å². The normalized spacial score (nSPS) is 14.6. The lowest BCUT2D eigenvalue weighted by molar-refractivity contribution is 0.0763. The fourth-order valence-corrected chi connectivity index (χ4v) is 2.34. The second-order valence-electron chi connectivity index (χ2n) is 5.29. The van der Waals surface area contributed by atoms with Crippen molar-refractivity contribution < 1.29 is 5.11 Å². The number of likely N-dealkylation sites (N-methyl/N-ethyl adjacent to an activating group) is 1. The third kappa shape index (κ3) is 5.89. The minimum atomic E-state index is -0.584. The molecule has 0 spiro atoms. The van der Waals surface area contributed by atoms with E-state index in [1.807, 2.05) is 42.4 Å². The summed E-state index contributed by atoms with van der Waals surface area (Å²) in [6.07, 6.45) is 5.23. The Morgan fingerprint density at radius 1 is 1.32 bits per heavy atom. The van der Waals surface area contributed by atoms with Gasteiger partial charge in [0.15, 0.2) is 0 Å². The van der Waals surface area contributed by atoms with Crippen molar-refractivity contribution in [2.75, 3.05) is 13.6 Å². The first kappa shape index (κ1) is 18.2. The number of aliphatic hydroxyl groups is 1. The third-order valence-electron chi connectivity index (χ3n) is 3.41. The number of nitrogens with zero attached hydrogens (tertiary/aromatic N) is 1. The maximum Gasteiger partial charge on any atom is 0.0956 e. The van der Waals surface area contributed by atoms with Gasteiger partial charge >= 0.3 is 0 Å². The van der Waals surface area contributed by atoms with E-state index in [0.717, 1.165) is 24.0 Å². The minimum absolute atomic E-state index is 0.0932. The standard InChI is InChI=1S/C17H26N4O/c1-3-7-16(17(22)15-8-5-4-6-9-15)20-21(2)13-14(12-19)10-11-18/h4-6,8-12,16-20,22H,3,7,13H2,1-2H3/b14-10+,18-11?,19-12?/t16-,17-/m1/s1. The summed E-state index contributed by atoms with van der Waals surface area (Å²) in [6, 6.07) is 9.53. The maximum atomic E-state index is 10.6. The molecular formula is C17H26N4O. The molecule has 0 saturated carbocycles. The zero-order chi connectivity index (χ0) is 16.4. The Bertz CT molecular complexity index is 487. The summed E-state index contributed by atoms with van der Waals surface area (Å²) < 4.78 is 0. The number of nitrogens with one attached hydrogen (secondary N) is 3. The molecule has 1 aromatic carbocycles. The van der Waals surface area contributed by atoms with Crippen molar-refractivity contribution in [2.45, 2.75) is 31.9 Å². The molecule has 5 heteroatoms. The van der Waals surface area contributed by atoms with Crippen molar-refractivity contribution >= 4 is 12.4 Å². The van der Waals surface area contributed by atoms with Crippen LogP contribution >= 0.6 is 0 Å². The van der Waals surface area contributed by atoms with Gasteiger partial charge in [-0.3, -0.25) is 0 Å². The molecular weight excluding hydrogens is 276 g/mol. The molecule has 0 aliphatic rings. The minimum Gasteiger partial charge on any atom is -0.387 e. The van der Waals surface area contributed by atoms with Crippen LogP contribution in [0.1, 0.15) is 31.4 Å². The Balaban J connectivity index is 2.72. The summed E-state index contributed by atoms with van der Waals surface area (Å²) in [7, 11) is 1.88. The zero-order valence-corrected chi connectivity index (χ0v) is 13.3. The first-order valence-electron chi connectivity index (χ1n) is 7.52. The lowest BCUT2D eigenvalue weighted by atomic mass is 9.99. The molecule has 2 atom stereocenters. The van der Waals surface area contributed by atoms with Crippen molar-refractivity contribution in [2.24, 2.45) is 0 Å². The fourth-order valence-electron chi connectivity index (χ4n) is 2.34. The number of aliphatic hydroxyl groups excluding tert-OH is 1. The van der Waals surface area contributed by atoms with E-state index in [1.165, 1.54) is 12.4 Å². The molecule has 1 aromatic rings. The van der Waals surface area contributed by atoms with Gasteiger partial charge in [0.1, 0.15) is 0 Å². The van der Waals surface area contributed by atoms with Crippen LogP contribution in [0, 0.1) is 10.8 Å². The van der Waals surface area contributed by atoms with Crippen LogP contribution in [0.3, 0.4) is 0 Å². The summed E-state index contributed by atoms with van der Waals surface area (Å²) in [5.74, 6) is 0. The molecule has 0 aliphatic carbocycles. The van der Waals surface area contributed by atoms with Gasteiger partial charge in [-0.2, -0.15) is 0 Å². The van der Waals surface area contributed by atoms with Crippen molar-refractivity contribution in [3.8, 4) is 0 Å². The summed E-state index contributed by atoms with van der Waals surface area (Å²) in [4.78, 5) is 0. The van der Waals surface area contributed by atoms with Crippen molar-refractivity contribution in [1.82, 2.24) is 10.4 Å². The summed E-state index contributed by atoms with van der Waals surface area (Å²) in [5, 5.41) is 26.8. The Morgan fingerprint density at radius 3 is 2.55 bits per heavy atom. The van der Waals surface area contributed by atoms with E-state index >= 15 is 0 Å². The first-order chi connectivity index (χ1) is 10.6. The second kappa shape index (κ2) is 10.00. The highest BCUT2D eigenvalue weighted by Gasteiger charge is 2.21. The number of hydrazine groups is 1. The molecule has 0 radical (unpaired) electrons. The monoisotopic (exact) mass is 302 g/mol. The molecule has 0 fully saturated rings. The quantitative estimate of drug-likeness (QED) is 0.396. The SMILES string of the molecule is CCC[C@@H](NN(C)C/C(C=N)=C/C=N)[C@H](O)c1ccccc1. The Morgan fingerprint density at radius 2 is 2.00 bits per heavy atom. The molecule has 0 heterocycles. The number of benzene rings is 1. The van der Waals surface area contributed by atoms with Gasteiger partial charge in [-0.1, -0.05) is 43.7 Å². The van der Waals surface area contributed by atoms with E-state index in [4.69, 9.17) is 10.8 Å². The topological polar surface area (TPSA) is 83.2 Å². The smallest absolute Gasteiger partial charge is 0.0956 e. The largest absolute Gasteiger partial charge is 0.387 e. The van der Waals surface area contributed by atoms with Crippen molar-refractivity contribution in [1.29, 1.82) is 10.8 Å². The zero-order valence-electron chi connectivity index (χ0n) is 13.3. The van der Waals surface area contributed by atoms with Crippen LogP contribution in [-0.2, 0) is 0 Å². The van der Waals surface area contributed by atoms with Gasteiger partial charge in [0.2, 0.25) is 0 Å². The van der Waals surface area contributed by atoms with Crippen molar-refractivity contribution in [3.63, 3.8) is 0 Å². The average Bonchev–Trinajstić information content (AvgIpc) is 2.54. The van der Waals surface area contributed by atoms with Gasteiger partial charge in [-0.05, 0) is 23.6 Å². The molecule has 0 aromatic heterocycles. The van der Waals surface area contributed by atoms with Gasteiger partial charge in [0.25, 0.3) is 0 Å². The molecule has 0 aliphatic heterocycles. The number of allylic oxidation sites excluding steroid dienone is 1. The highest BCUT2D eigenvalue weighted by atomic mass is 16.3. The Kier molecular flexibility index (Phi) is 8.28. The van der Waals surface area contributed by atoms with E-state index in [9.17, 15) is 5.11 Å². The van der Waals surface area contributed by atoms with Crippen LogP contribution in [-0.4, -0.2) is 42.2 Å². The van der Waals surface area contributed by atoms with E-state index in [-0.39, 0.29) is 6.04 Å². The van der Waals surface area contributed by atoms with Crippen LogP contribution in [0.5, 0.6) is 0 Å². The van der Waals surface area contributed by atoms with Crippen molar-refractivity contribution in [3.05, 3.63) is 47.5 Å². The van der Waals surface area contributed by atoms with E-state index in [2.05, 4.69) is 12.3 Å². The van der Waals surface area contributed by atoms with Crippen LogP contribution in [0.15, 0.2) is 42.0 Å². The molecule has 0 amide bonds. The van der Waals surface area contributed by atoms with Gasteiger partial charge in [0.05, 0.1) is 12.1 Å². The van der Waals surface area contributed by atoms with Gasteiger partial charge < -0.3 is 15.9 Å². The van der Waals surface area contributed by atoms with Crippen LogP contribution in [0.25, 0.3) is 0 Å². The average molecular weight is 302 g/mol. The molecule has 5 nitrogen and oxygen atoms in total. The molecule has 0 unspecified atom stereocenters. The lowest BCUT2D eigenvalue weighted by Crippen LogP contribution is -2.46. The van der Waals surface area contributed by atoms with Crippen LogP contribution in [0.2, 0.25) is 0 Å². The second-order valence-corrected chi connectivity index (χ2v) is 5.29. The molecule has 4 N–H and O–H groups in total. The Hall–Kier alpha value is -1.82. The number of rotatable bonds is 10. The molecule has 22 heavy (non-hydrogen) atoms. The Labute approximate surface area is 132 Å². The van der Waals surface area contributed by atoms with E-state index in [1.54, 1.807) is 6.08 Å². The maximum absolute atomic E-state index is 10.6. The predicted molar refractivity (Wildman–Crippen MR) is 91.5 cm³/mol. The highest BCUT2D eigenvalue weighted by molar-refractivity contribution is 5.84. The predicted octanol–water partition coefficient (Wildman–Crippen LogP) is 2.55. The summed E-state index contributed by atoms with van der Waals surface area (Å²) >= 11 is 0. The molecule has 0 bridgehead atoms. The summed E-state index contributed by atoms with van der Waals surface area (Å²) in [5.41, 5.74) is 4.93. The summed E-state index contributed by atoms with van der Waals surface area (Å²) in [6.45, 7) is 2.59. The highest BCUT2D eigenvalue weighted by Crippen LogP contribution is 2.20. The number of hydrogen-bond donors (Lipinski definition) is 4. The van der Waals surface area contributed by atoms with Crippen LogP contribution < -0.4 is 5.43 Å². The first-order valence-corrected chi connectivity index (χ1v) is 7.52.